The van der Waals surface area contributed by atoms with E-state index >= 15 is 0 Å². The molecule has 16 heavy (non-hydrogen) atoms. The van der Waals surface area contributed by atoms with Gasteiger partial charge >= 0.3 is 0 Å². The molecule has 1 unspecified atom stereocenters. The highest BCUT2D eigenvalue weighted by atomic mass is 19.1. The van der Waals surface area contributed by atoms with Gasteiger partial charge in [0.25, 0.3) is 0 Å². The number of halogens is 2. The van der Waals surface area contributed by atoms with Gasteiger partial charge in [-0.15, -0.1) is 0 Å². The Balaban J connectivity index is 2.17. The van der Waals surface area contributed by atoms with Crippen molar-refractivity contribution in [2.24, 2.45) is 5.73 Å². The van der Waals surface area contributed by atoms with Crippen molar-refractivity contribution in [2.75, 3.05) is 0 Å². The van der Waals surface area contributed by atoms with Crippen LogP contribution in [0.2, 0.25) is 0 Å². The van der Waals surface area contributed by atoms with Gasteiger partial charge in [0, 0.05) is 11.6 Å². The monoisotopic (exact) mass is 223 g/mol. The highest BCUT2D eigenvalue weighted by Crippen LogP contribution is 2.19. The van der Waals surface area contributed by atoms with Gasteiger partial charge in [-0.1, -0.05) is 0 Å². The zero-order chi connectivity index (χ0) is 11.5. The highest BCUT2D eigenvalue weighted by Gasteiger charge is 2.12. The minimum atomic E-state index is -0.462. The second kappa shape index (κ2) is 4.45. The summed E-state index contributed by atoms with van der Waals surface area (Å²) in [6, 6.07) is 4.67. The van der Waals surface area contributed by atoms with E-state index in [1.54, 1.807) is 6.07 Å². The van der Waals surface area contributed by atoms with Gasteiger partial charge in [0.15, 0.2) is 0 Å². The second-order valence-corrected chi connectivity index (χ2v) is 3.60. The van der Waals surface area contributed by atoms with Crippen LogP contribution in [0.4, 0.5) is 8.78 Å². The summed E-state index contributed by atoms with van der Waals surface area (Å²) in [6.07, 6.45) is 3.24. The van der Waals surface area contributed by atoms with Crippen molar-refractivity contribution >= 4 is 0 Å². The largest absolute Gasteiger partial charge is 0.472 e. The number of hydrogen-bond donors (Lipinski definition) is 1. The minimum Gasteiger partial charge on any atom is -0.472 e. The van der Waals surface area contributed by atoms with Crippen LogP contribution in [-0.2, 0) is 6.42 Å². The molecule has 0 saturated carbocycles. The van der Waals surface area contributed by atoms with E-state index in [-0.39, 0.29) is 12.0 Å². The number of furan rings is 1. The van der Waals surface area contributed by atoms with Gasteiger partial charge in [0.2, 0.25) is 0 Å². The first-order valence-corrected chi connectivity index (χ1v) is 4.88. The van der Waals surface area contributed by atoms with Crippen LogP contribution in [0.25, 0.3) is 0 Å². The summed E-state index contributed by atoms with van der Waals surface area (Å²) in [5.41, 5.74) is 6.88. The zero-order valence-electron chi connectivity index (χ0n) is 8.49. The predicted octanol–water partition coefficient (Wildman–Crippen LogP) is 2.80. The average Bonchev–Trinajstić information content (AvgIpc) is 2.76. The topological polar surface area (TPSA) is 39.2 Å². The molecule has 84 valence electrons. The summed E-state index contributed by atoms with van der Waals surface area (Å²) in [6.45, 7) is 0. The smallest absolute Gasteiger partial charge is 0.126 e. The van der Waals surface area contributed by atoms with E-state index in [2.05, 4.69) is 0 Å². The summed E-state index contributed by atoms with van der Waals surface area (Å²) >= 11 is 0. The standard InChI is InChI=1S/C12H11F2NO/c13-10-1-2-11(14)9(5-10)6-12(15)8-3-4-16-7-8/h1-5,7,12H,6,15H2. The molecule has 1 aromatic heterocycles. The molecule has 0 radical (unpaired) electrons. The third-order valence-corrected chi connectivity index (χ3v) is 2.42. The summed E-state index contributed by atoms with van der Waals surface area (Å²) in [5, 5.41) is 0. The molecule has 2 nitrogen and oxygen atoms in total. The third-order valence-electron chi connectivity index (χ3n) is 2.42. The molecule has 0 fully saturated rings. The fourth-order valence-corrected chi connectivity index (χ4v) is 1.54. The lowest BCUT2D eigenvalue weighted by Gasteiger charge is -2.10. The lowest BCUT2D eigenvalue weighted by atomic mass is 10.0. The Morgan fingerprint density at radius 1 is 1.25 bits per heavy atom. The van der Waals surface area contributed by atoms with Crippen LogP contribution in [-0.4, -0.2) is 0 Å². The van der Waals surface area contributed by atoms with Crippen molar-refractivity contribution in [3.63, 3.8) is 0 Å². The van der Waals surface area contributed by atoms with Gasteiger partial charge in [-0.2, -0.15) is 0 Å². The Hall–Kier alpha value is -1.68. The normalized spacial score (nSPS) is 12.7. The van der Waals surface area contributed by atoms with Crippen LogP contribution < -0.4 is 5.73 Å². The third kappa shape index (κ3) is 2.28. The molecule has 4 heteroatoms. The molecule has 2 rings (SSSR count). The summed E-state index contributed by atoms with van der Waals surface area (Å²) in [5.74, 6) is -0.906. The maximum absolute atomic E-state index is 13.3. The number of rotatable bonds is 3. The Morgan fingerprint density at radius 2 is 2.06 bits per heavy atom. The second-order valence-electron chi connectivity index (χ2n) is 3.60. The summed E-state index contributed by atoms with van der Waals surface area (Å²) in [4.78, 5) is 0. The zero-order valence-corrected chi connectivity index (χ0v) is 8.49. The van der Waals surface area contributed by atoms with Crippen molar-refractivity contribution in [3.8, 4) is 0 Å². The van der Waals surface area contributed by atoms with Gasteiger partial charge in [-0.25, -0.2) is 8.78 Å². The molecular formula is C12H11F2NO. The quantitative estimate of drug-likeness (QED) is 0.868. The van der Waals surface area contributed by atoms with Crippen molar-refractivity contribution in [1.29, 1.82) is 0 Å². The van der Waals surface area contributed by atoms with Gasteiger partial charge < -0.3 is 10.2 Å². The lowest BCUT2D eigenvalue weighted by Crippen LogP contribution is -2.13. The first-order chi connectivity index (χ1) is 7.66. The van der Waals surface area contributed by atoms with Gasteiger partial charge in [0.1, 0.15) is 11.6 Å². The molecule has 0 saturated heterocycles. The molecule has 1 atom stereocenters. The van der Waals surface area contributed by atoms with Crippen LogP contribution >= 0.6 is 0 Å². The van der Waals surface area contributed by atoms with Gasteiger partial charge in [-0.3, -0.25) is 0 Å². The summed E-state index contributed by atoms with van der Waals surface area (Å²) < 4.78 is 31.1. The number of nitrogens with two attached hydrogens (primary N) is 1. The number of benzene rings is 1. The number of hydrogen-bond acceptors (Lipinski definition) is 2. The van der Waals surface area contributed by atoms with Gasteiger partial charge in [-0.05, 0) is 36.2 Å². The Kier molecular flexibility index (Phi) is 3.01. The Morgan fingerprint density at radius 3 is 2.75 bits per heavy atom. The van der Waals surface area contributed by atoms with E-state index in [9.17, 15) is 8.78 Å². The molecule has 1 heterocycles. The van der Waals surface area contributed by atoms with Crippen molar-refractivity contribution in [2.45, 2.75) is 12.5 Å². The predicted molar refractivity (Wildman–Crippen MR) is 55.7 cm³/mol. The summed E-state index contributed by atoms with van der Waals surface area (Å²) in [7, 11) is 0. The van der Waals surface area contributed by atoms with Crippen LogP contribution in [0, 0.1) is 11.6 Å². The molecule has 2 N–H and O–H groups in total. The fraction of sp³-hybridized carbons (Fsp3) is 0.167. The van der Waals surface area contributed by atoms with Crippen LogP contribution in [0.1, 0.15) is 17.2 Å². The van der Waals surface area contributed by atoms with E-state index in [0.717, 1.165) is 23.8 Å². The molecule has 0 aliphatic carbocycles. The molecule has 0 spiro atoms. The molecule has 0 aliphatic heterocycles. The molecule has 0 bridgehead atoms. The minimum absolute atomic E-state index is 0.239. The Bertz CT molecular complexity index is 468. The fourth-order valence-electron chi connectivity index (χ4n) is 1.54. The molecule has 0 aliphatic rings. The van der Waals surface area contributed by atoms with E-state index in [1.807, 2.05) is 0 Å². The van der Waals surface area contributed by atoms with Gasteiger partial charge in [0.05, 0.1) is 12.5 Å². The first-order valence-electron chi connectivity index (χ1n) is 4.88. The van der Waals surface area contributed by atoms with Crippen molar-refractivity contribution < 1.29 is 13.2 Å². The van der Waals surface area contributed by atoms with Crippen molar-refractivity contribution in [3.05, 3.63) is 59.6 Å². The molecular weight excluding hydrogens is 212 g/mol. The van der Waals surface area contributed by atoms with Crippen LogP contribution in [0.3, 0.4) is 0 Å². The van der Waals surface area contributed by atoms with E-state index in [0.29, 0.717) is 0 Å². The molecule has 2 aromatic rings. The lowest BCUT2D eigenvalue weighted by molar-refractivity contribution is 0.552. The van der Waals surface area contributed by atoms with E-state index < -0.39 is 17.7 Å². The van der Waals surface area contributed by atoms with Crippen LogP contribution in [0.5, 0.6) is 0 Å². The Labute approximate surface area is 91.7 Å². The molecule has 1 aromatic carbocycles. The first kappa shape index (κ1) is 10.8. The maximum atomic E-state index is 13.3. The van der Waals surface area contributed by atoms with Crippen LogP contribution in [0.15, 0.2) is 41.2 Å². The maximum Gasteiger partial charge on any atom is 0.126 e. The van der Waals surface area contributed by atoms with E-state index in [4.69, 9.17) is 10.2 Å². The highest BCUT2D eigenvalue weighted by molar-refractivity contribution is 5.22. The average molecular weight is 223 g/mol. The molecule has 0 amide bonds. The van der Waals surface area contributed by atoms with E-state index in [1.165, 1.54) is 12.5 Å². The van der Waals surface area contributed by atoms with Crippen molar-refractivity contribution in [1.82, 2.24) is 0 Å². The SMILES string of the molecule is NC(Cc1cc(F)ccc1F)c1ccoc1.